The van der Waals surface area contributed by atoms with Gasteiger partial charge in [-0.05, 0) is 25.8 Å². The molecule has 1 unspecified atom stereocenters. The molecular weight excluding hydrogens is 308 g/mol. The summed E-state index contributed by atoms with van der Waals surface area (Å²) in [5, 5.41) is 10.7. The summed E-state index contributed by atoms with van der Waals surface area (Å²) in [7, 11) is 0. The predicted octanol–water partition coefficient (Wildman–Crippen LogP) is 3.42. The first kappa shape index (κ1) is 16.5. The highest BCUT2D eigenvalue weighted by Gasteiger charge is 2.23. The number of likely N-dealkylation sites (tertiary alicyclic amines) is 1. The summed E-state index contributed by atoms with van der Waals surface area (Å²) in [6.45, 7) is 3.20. The molecule has 0 spiro atoms. The average Bonchev–Trinajstić information content (AvgIpc) is 2.75. The first-order valence-electron chi connectivity index (χ1n) is 7.38. The van der Waals surface area contributed by atoms with Crippen LogP contribution in [0.25, 0.3) is 0 Å². The van der Waals surface area contributed by atoms with Crippen molar-refractivity contribution < 1.29 is 14.5 Å². The van der Waals surface area contributed by atoms with E-state index in [9.17, 15) is 14.9 Å². The first-order valence-corrected chi connectivity index (χ1v) is 7.76. The molecule has 0 bridgehead atoms. The highest BCUT2D eigenvalue weighted by molar-refractivity contribution is 6.32. The second-order valence-electron chi connectivity index (χ2n) is 5.37. The van der Waals surface area contributed by atoms with Crippen molar-refractivity contribution in [2.75, 3.05) is 13.1 Å². The number of benzene rings is 1. The molecule has 0 radical (unpaired) electrons. The van der Waals surface area contributed by atoms with Gasteiger partial charge in [-0.2, -0.15) is 0 Å². The van der Waals surface area contributed by atoms with Crippen LogP contribution in [-0.2, 0) is 4.79 Å². The zero-order chi connectivity index (χ0) is 16.1. The van der Waals surface area contributed by atoms with Gasteiger partial charge in [0.1, 0.15) is 10.8 Å². The van der Waals surface area contributed by atoms with E-state index in [0.717, 1.165) is 38.8 Å². The molecular formula is C15H19ClN2O4. The minimum atomic E-state index is -0.643. The Morgan fingerprint density at radius 1 is 1.32 bits per heavy atom. The second-order valence-corrected chi connectivity index (χ2v) is 5.78. The van der Waals surface area contributed by atoms with Gasteiger partial charge in [0, 0.05) is 25.2 Å². The van der Waals surface area contributed by atoms with E-state index in [-0.39, 0.29) is 16.6 Å². The molecule has 1 aliphatic rings. The van der Waals surface area contributed by atoms with E-state index in [2.05, 4.69) is 0 Å². The quantitative estimate of drug-likeness (QED) is 0.627. The number of carbonyl (C=O) groups excluding carboxylic acids is 1. The molecule has 0 N–H and O–H groups in total. The lowest BCUT2D eigenvalue weighted by Crippen LogP contribution is -2.40. The Bertz CT molecular complexity index is 556. The summed E-state index contributed by atoms with van der Waals surface area (Å²) in [5.74, 6) is 0.294. The van der Waals surface area contributed by atoms with Gasteiger partial charge in [-0.15, -0.1) is 0 Å². The van der Waals surface area contributed by atoms with Crippen molar-refractivity contribution in [2.24, 2.45) is 0 Å². The minimum Gasteiger partial charge on any atom is -0.481 e. The lowest BCUT2D eigenvalue weighted by Gasteiger charge is -2.24. The van der Waals surface area contributed by atoms with Gasteiger partial charge in [-0.25, -0.2) is 0 Å². The third-order valence-electron chi connectivity index (χ3n) is 3.69. The van der Waals surface area contributed by atoms with Crippen LogP contribution in [0.5, 0.6) is 5.75 Å². The van der Waals surface area contributed by atoms with Crippen LogP contribution in [0, 0.1) is 10.1 Å². The molecule has 1 atom stereocenters. The number of ether oxygens (including phenoxy) is 1. The summed E-state index contributed by atoms with van der Waals surface area (Å²) < 4.78 is 5.59. The SMILES string of the molecule is CC(Oc1ccc([N+](=O)[O-])c(Cl)c1)C(=O)N1CCCCCC1. The molecule has 2 rings (SSSR count). The molecule has 7 heteroatoms. The van der Waals surface area contributed by atoms with E-state index >= 15 is 0 Å². The molecule has 120 valence electrons. The fourth-order valence-corrected chi connectivity index (χ4v) is 2.75. The van der Waals surface area contributed by atoms with E-state index < -0.39 is 11.0 Å². The van der Waals surface area contributed by atoms with Gasteiger partial charge < -0.3 is 9.64 Å². The molecule has 1 aromatic rings. The zero-order valence-electron chi connectivity index (χ0n) is 12.5. The Balaban J connectivity index is 2.01. The Morgan fingerprint density at radius 2 is 1.95 bits per heavy atom. The first-order chi connectivity index (χ1) is 10.5. The molecule has 1 aliphatic heterocycles. The summed E-state index contributed by atoms with van der Waals surface area (Å²) in [4.78, 5) is 24.4. The summed E-state index contributed by atoms with van der Waals surface area (Å²) >= 11 is 5.84. The smallest absolute Gasteiger partial charge is 0.288 e. The minimum absolute atomic E-state index is 0.00285. The molecule has 1 amide bonds. The molecule has 0 aliphatic carbocycles. The summed E-state index contributed by atoms with van der Waals surface area (Å²) in [5.41, 5.74) is -0.180. The number of nitro groups is 1. The Hall–Kier alpha value is -1.82. The number of carbonyl (C=O) groups is 1. The number of halogens is 1. The van der Waals surface area contributed by atoms with Gasteiger partial charge in [0.25, 0.3) is 11.6 Å². The zero-order valence-corrected chi connectivity index (χ0v) is 13.2. The maximum Gasteiger partial charge on any atom is 0.288 e. The molecule has 6 nitrogen and oxygen atoms in total. The van der Waals surface area contributed by atoms with E-state index in [1.807, 2.05) is 4.90 Å². The van der Waals surface area contributed by atoms with E-state index in [0.29, 0.717) is 5.75 Å². The van der Waals surface area contributed by atoms with Crippen LogP contribution < -0.4 is 4.74 Å². The van der Waals surface area contributed by atoms with Crippen molar-refractivity contribution in [1.29, 1.82) is 0 Å². The van der Waals surface area contributed by atoms with E-state index in [4.69, 9.17) is 16.3 Å². The van der Waals surface area contributed by atoms with Crippen LogP contribution in [0.1, 0.15) is 32.6 Å². The van der Waals surface area contributed by atoms with Crippen molar-refractivity contribution in [3.05, 3.63) is 33.3 Å². The third-order valence-corrected chi connectivity index (χ3v) is 4.00. The van der Waals surface area contributed by atoms with Crippen LogP contribution in [0.2, 0.25) is 5.02 Å². The van der Waals surface area contributed by atoms with Gasteiger partial charge in [-0.1, -0.05) is 24.4 Å². The molecule has 22 heavy (non-hydrogen) atoms. The van der Waals surface area contributed by atoms with Crippen LogP contribution in [0.4, 0.5) is 5.69 Å². The van der Waals surface area contributed by atoms with Gasteiger partial charge in [0.15, 0.2) is 6.10 Å². The standard InChI is InChI=1S/C15H19ClN2O4/c1-11(15(19)17-8-4-2-3-5-9-17)22-12-6-7-14(18(20)21)13(16)10-12/h6-7,10-11H,2-5,8-9H2,1H3. The van der Waals surface area contributed by atoms with Crippen LogP contribution >= 0.6 is 11.6 Å². The molecule has 1 saturated heterocycles. The molecule has 1 heterocycles. The second kappa shape index (κ2) is 7.45. The molecule has 1 fully saturated rings. The van der Waals surface area contributed by atoms with Crippen molar-refractivity contribution in [2.45, 2.75) is 38.7 Å². The van der Waals surface area contributed by atoms with Crippen LogP contribution in [0.3, 0.4) is 0 Å². The summed E-state index contributed by atoms with van der Waals surface area (Å²) in [6, 6.07) is 4.10. The Kier molecular flexibility index (Phi) is 5.60. The van der Waals surface area contributed by atoms with Gasteiger partial charge in [-0.3, -0.25) is 14.9 Å². The maximum atomic E-state index is 12.4. The number of nitro benzene ring substituents is 1. The van der Waals surface area contributed by atoms with E-state index in [1.54, 1.807) is 6.92 Å². The normalized spacial score (nSPS) is 16.7. The fourth-order valence-electron chi connectivity index (χ4n) is 2.51. The highest BCUT2D eigenvalue weighted by Crippen LogP contribution is 2.29. The highest BCUT2D eigenvalue weighted by atomic mass is 35.5. The van der Waals surface area contributed by atoms with E-state index in [1.165, 1.54) is 18.2 Å². The van der Waals surface area contributed by atoms with Crippen molar-refractivity contribution >= 4 is 23.2 Å². The lowest BCUT2D eigenvalue weighted by molar-refractivity contribution is -0.384. The third kappa shape index (κ3) is 4.10. The fraction of sp³-hybridized carbons (Fsp3) is 0.533. The molecule has 0 saturated carbocycles. The van der Waals surface area contributed by atoms with Crippen LogP contribution in [-0.4, -0.2) is 34.9 Å². The average molecular weight is 327 g/mol. The number of nitrogens with zero attached hydrogens (tertiary/aromatic N) is 2. The molecule has 0 aromatic heterocycles. The number of hydrogen-bond acceptors (Lipinski definition) is 4. The van der Waals surface area contributed by atoms with Gasteiger partial charge >= 0.3 is 0 Å². The Morgan fingerprint density at radius 3 is 2.50 bits per heavy atom. The largest absolute Gasteiger partial charge is 0.481 e. The Labute approximate surface area is 134 Å². The summed E-state index contributed by atoms with van der Waals surface area (Å²) in [6.07, 6.45) is 3.69. The number of hydrogen-bond donors (Lipinski definition) is 0. The monoisotopic (exact) mass is 326 g/mol. The predicted molar refractivity (Wildman–Crippen MR) is 83.2 cm³/mol. The van der Waals surface area contributed by atoms with Crippen molar-refractivity contribution in [1.82, 2.24) is 4.90 Å². The van der Waals surface area contributed by atoms with Crippen molar-refractivity contribution in [3.8, 4) is 5.75 Å². The van der Waals surface area contributed by atoms with Gasteiger partial charge in [0.2, 0.25) is 0 Å². The number of amides is 1. The van der Waals surface area contributed by atoms with Gasteiger partial charge in [0.05, 0.1) is 4.92 Å². The maximum absolute atomic E-state index is 12.4. The molecule has 1 aromatic carbocycles. The topological polar surface area (TPSA) is 72.7 Å². The number of rotatable bonds is 4. The van der Waals surface area contributed by atoms with Crippen molar-refractivity contribution in [3.63, 3.8) is 0 Å². The van der Waals surface area contributed by atoms with Crippen LogP contribution in [0.15, 0.2) is 18.2 Å². The lowest BCUT2D eigenvalue weighted by atomic mass is 10.2.